The van der Waals surface area contributed by atoms with Crippen LogP contribution in [0.1, 0.15) is 54.1 Å². The fraction of sp³-hybridized carbons (Fsp3) is 0.417. The highest BCUT2D eigenvalue weighted by atomic mass is 16.2. The predicted octanol–water partition coefficient (Wildman–Crippen LogP) is 3.80. The van der Waals surface area contributed by atoms with Crippen LogP contribution in [0.4, 0.5) is 5.69 Å². The van der Waals surface area contributed by atoms with Crippen molar-refractivity contribution in [1.82, 2.24) is 4.90 Å². The van der Waals surface area contributed by atoms with Gasteiger partial charge < -0.3 is 16.0 Å². The number of nitrogens with zero attached hydrogens (tertiary/aromatic N) is 1. The lowest BCUT2D eigenvalue weighted by Crippen LogP contribution is -2.39. The summed E-state index contributed by atoms with van der Waals surface area (Å²) in [5.41, 5.74) is 9.32. The zero-order valence-electron chi connectivity index (χ0n) is 17.4. The minimum atomic E-state index is -0.168. The van der Waals surface area contributed by atoms with E-state index in [-0.39, 0.29) is 17.7 Å². The molecule has 154 valence electrons. The minimum absolute atomic E-state index is 0.0377. The molecule has 2 amide bonds. The van der Waals surface area contributed by atoms with Gasteiger partial charge in [0.05, 0.1) is 0 Å². The summed E-state index contributed by atoms with van der Waals surface area (Å²) >= 11 is 0. The molecule has 1 aliphatic heterocycles. The number of hydrogen-bond donors (Lipinski definition) is 2. The van der Waals surface area contributed by atoms with Gasteiger partial charge >= 0.3 is 0 Å². The highest BCUT2D eigenvalue weighted by molar-refractivity contribution is 6.04. The molecule has 0 unspecified atom stereocenters. The molecule has 29 heavy (non-hydrogen) atoms. The van der Waals surface area contributed by atoms with Gasteiger partial charge in [-0.1, -0.05) is 38.1 Å². The van der Waals surface area contributed by atoms with Crippen LogP contribution in [-0.2, 0) is 11.2 Å². The first-order chi connectivity index (χ1) is 13.9. The molecule has 5 heteroatoms. The van der Waals surface area contributed by atoms with Crippen LogP contribution in [0.25, 0.3) is 0 Å². The van der Waals surface area contributed by atoms with Gasteiger partial charge in [-0.15, -0.1) is 0 Å². The van der Waals surface area contributed by atoms with Crippen molar-refractivity contribution in [1.29, 1.82) is 0 Å². The largest absolute Gasteiger partial charge is 0.369 e. The van der Waals surface area contributed by atoms with E-state index in [0.717, 1.165) is 44.6 Å². The summed E-state index contributed by atoms with van der Waals surface area (Å²) in [5, 5.41) is 2.96. The first kappa shape index (κ1) is 21.1. The molecule has 0 bridgehead atoms. The molecule has 1 fully saturated rings. The van der Waals surface area contributed by atoms with Crippen LogP contribution in [-0.4, -0.2) is 36.3 Å². The van der Waals surface area contributed by atoms with Gasteiger partial charge in [-0.05, 0) is 73.7 Å². The number of hydrogen-bond acceptors (Lipinski definition) is 3. The number of piperidine rings is 1. The van der Waals surface area contributed by atoms with Crippen LogP contribution >= 0.6 is 0 Å². The number of carbonyl (C=O) groups excluding carboxylic acids is 2. The van der Waals surface area contributed by atoms with Gasteiger partial charge in [0.15, 0.2) is 0 Å². The third-order valence-corrected chi connectivity index (χ3v) is 5.76. The van der Waals surface area contributed by atoms with Gasteiger partial charge in [-0.25, -0.2) is 0 Å². The van der Waals surface area contributed by atoms with Crippen LogP contribution in [0.15, 0.2) is 48.5 Å². The van der Waals surface area contributed by atoms with Gasteiger partial charge in [-0.3, -0.25) is 9.59 Å². The highest BCUT2D eigenvalue weighted by Gasteiger charge is 2.22. The third-order valence-electron chi connectivity index (χ3n) is 5.76. The maximum atomic E-state index is 12.4. The molecule has 5 nitrogen and oxygen atoms in total. The number of carbonyl (C=O) groups is 2. The molecule has 2 aromatic carbocycles. The molecule has 0 atom stereocenters. The monoisotopic (exact) mass is 393 g/mol. The Balaban J connectivity index is 1.47. The fourth-order valence-corrected chi connectivity index (χ4v) is 3.71. The molecule has 3 N–H and O–H groups in total. The first-order valence-corrected chi connectivity index (χ1v) is 10.4. The summed E-state index contributed by atoms with van der Waals surface area (Å²) in [4.78, 5) is 26.1. The molecule has 0 aliphatic carbocycles. The number of likely N-dealkylation sites (tertiary alicyclic amines) is 1. The van der Waals surface area contributed by atoms with Gasteiger partial charge in [-0.2, -0.15) is 0 Å². The van der Waals surface area contributed by atoms with E-state index in [2.05, 4.69) is 36.2 Å². The van der Waals surface area contributed by atoms with Crippen molar-refractivity contribution >= 4 is 17.5 Å². The molecular weight excluding hydrogens is 362 g/mol. The van der Waals surface area contributed by atoms with E-state index in [1.807, 2.05) is 36.4 Å². The molecular formula is C24H31N3O2. The van der Waals surface area contributed by atoms with E-state index in [9.17, 15) is 9.59 Å². The second-order valence-electron chi connectivity index (χ2n) is 8.20. The normalized spacial score (nSPS) is 15.4. The van der Waals surface area contributed by atoms with Crippen LogP contribution in [0.2, 0.25) is 0 Å². The van der Waals surface area contributed by atoms with E-state index in [1.165, 1.54) is 11.1 Å². The Kier molecular flexibility index (Phi) is 7.04. The average molecular weight is 394 g/mol. The van der Waals surface area contributed by atoms with Gasteiger partial charge in [0.2, 0.25) is 5.91 Å². The van der Waals surface area contributed by atoms with Gasteiger partial charge in [0.1, 0.15) is 0 Å². The maximum absolute atomic E-state index is 12.4. The SMILES string of the molecule is CC(C)c1ccc(C(=O)Nc2ccc(CCN3CCC(C(N)=O)CC3)cc2)cc1. The van der Waals surface area contributed by atoms with Gasteiger partial charge in [0, 0.05) is 23.7 Å². The predicted molar refractivity (Wildman–Crippen MR) is 117 cm³/mol. The molecule has 0 saturated carbocycles. The lowest BCUT2D eigenvalue weighted by Gasteiger charge is -2.30. The Morgan fingerprint density at radius 3 is 2.21 bits per heavy atom. The summed E-state index contributed by atoms with van der Waals surface area (Å²) in [5.74, 6) is 0.230. The zero-order valence-corrected chi connectivity index (χ0v) is 17.4. The Hall–Kier alpha value is -2.66. The minimum Gasteiger partial charge on any atom is -0.369 e. The van der Waals surface area contributed by atoms with Crippen molar-refractivity contribution < 1.29 is 9.59 Å². The standard InChI is InChI=1S/C24H31N3O2/c1-17(2)19-5-7-21(8-6-19)24(29)26-22-9-3-18(4-10-22)11-14-27-15-12-20(13-16-27)23(25)28/h3-10,17,20H,11-16H2,1-2H3,(H2,25,28)(H,26,29). The van der Waals surface area contributed by atoms with Crippen molar-refractivity contribution in [2.45, 2.75) is 39.0 Å². The lowest BCUT2D eigenvalue weighted by atomic mass is 9.96. The number of benzene rings is 2. The quantitative estimate of drug-likeness (QED) is 0.751. The molecule has 0 aromatic heterocycles. The Bertz CT molecular complexity index is 820. The van der Waals surface area contributed by atoms with Crippen LogP contribution < -0.4 is 11.1 Å². The third kappa shape index (κ3) is 5.91. The summed E-state index contributed by atoms with van der Waals surface area (Å²) in [6.45, 7) is 7.10. The zero-order chi connectivity index (χ0) is 20.8. The number of rotatable bonds is 7. The molecule has 0 spiro atoms. The van der Waals surface area contributed by atoms with Gasteiger partial charge in [0.25, 0.3) is 5.91 Å². The van der Waals surface area contributed by atoms with Crippen molar-refractivity contribution in [3.63, 3.8) is 0 Å². The smallest absolute Gasteiger partial charge is 0.255 e. The Labute approximate surface area is 173 Å². The Morgan fingerprint density at radius 1 is 1.03 bits per heavy atom. The van der Waals surface area contributed by atoms with Crippen LogP contribution in [0.3, 0.4) is 0 Å². The lowest BCUT2D eigenvalue weighted by molar-refractivity contribution is -0.123. The number of amides is 2. The molecule has 1 saturated heterocycles. The molecule has 0 radical (unpaired) electrons. The van der Waals surface area contributed by atoms with Crippen LogP contribution in [0, 0.1) is 5.92 Å². The molecule has 1 aliphatic rings. The summed E-state index contributed by atoms with van der Waals surface area (Å²) in [6.07, 6.45) is 2.67. The number of anilines is 1. The summed E-state index contributed by atoms with van der Waals surface area (Å²) in [6, 6.07) is 15.8. The molecule has 2 aromatic rings. The number of nitrogens with one attached hydrogen (secondary N) is 1. The molecule has 1 heterocycles. The average Bonchev–Trinajstić information content (AvgIpc) is 2.73. The van der Waals surface area contributed by atoms with Crippen molar-refractivity contribution in [3.8, 4) is 0 Å². The van der Waals surface area contributed by atoms with E-state index in [0.29, 0.717) is 11.5 Å². The fourth-order valence-electron chi connectivity index (χ4n) is 3.71. The number of nitrogens with two attached hydrogens (primary N) is 1. The number of primary amides is 1. The molecule has 3 rings (SSSR count). The topological polar surface area (TPSA) is 75.4 Å². The maximum Gasteiger partial charge on any atom is 0.255 e. The summed E-state index contributed by atoms with van der Waals surface area (Å²) in [7, 11) is 0. The summed E-state index contributed by atoms with van der Waals surface area (Å²) < 4.78 is 0. The second-order valence-corrected chi connectivity index (χ2v) is 8.20. The second kappa shape index (κ2) is 9.70. The van der Waals surface area contributed by atoms with Crippen molar-refractivity contribution in [2.24, 2.45) is 11.7 Å². The van der Waals surface area contributed by atoms with Crippen molar-refractivity contribution in [2.75, 3.05) is 25.0 Å². The Morgan fingerprint density at radius 2 is 1.66 bits per heavy atom. The van der Waals surface area contributed by atoms with E-state index < -0.39 is 0 Å². The van der Waals surface area contributed by atoms with E-state index in [4.69, 9.17) is 5.73 Å². The first-order valence-electron chi connectivity index (χ1n) is 10.4. The van der Waals surface area contributed by atoms with E-state index >= 15 is 0 Å². The highest BCUT2D eigenvalue weighted by Crippen LogP contribution is 2.18. The van der Waals surface area contributed by atoms with E-state index in [1.54, 1.807) is 0 Å². The van der Waals surface area contributed by atoms with Crippen molar-refractivity contribution in [3.05, 3.63) is 65.2 Å². The van der Waals surface area contributed by atoms with Crippen LogP contribution in [0.5, 0.6) is 0 Å².